The Morgan fingerprint density at radius 2 is 2.18 bits per heavy atom. The third-order valence-electron chi connectivity index (χ3n) is 3.95. The molecule has 120 valence electrons. The third kappa shape index (κ3) is 2.55. The molecule has 1 amide bonds. The molecule has 1 aromatic rings. The first-order chi connectivity index (χ1) is 10.3. The van der Waals surface area contributed by atoms with Gasteiger partial charge in [0.05, 0.1) is 5.69 Å². The number of hydrogen-bond donors (Lipinski definition) is 2. The highest BCUT2D eigenvalue weighted by Crippen LogP contribution is 2.35. The maximum absolute atomic E-state index is 12.5. The third-order valence-corrected chi connectivity index (χ3v) is 3.95. The fraction of sp³-hybridized carbons (Fsp3) is 0.615. The van der Waals surface area contributed by atoms with Crippen molar-refractivity contribution in [1.82, 2.24) is 15.3 Å². The lowest BCUT2D eigenvalue weighted by molar-refractivity contribution is -0.149. The van der Waals surface area contributed by atoms with Gasteiger partial charge in [0.1, 0.15) is 11.7 Å². The summed E-state index contributed by atoms with van der Waals surface area (Å²) < 4.78 is 37.5. The molecule has 2 atom stereocenters. The van der Waals surface area contributed by atoms with Crippen molar-refractivity contribution in [3.63, 3.8) is 0 Å². The van der Waals surface area contributed by atoms with Crippen LogP contribution in [0.5, 0.6) is 0 Å². The van der Waals surface area contributed by atoms with E-state index >= 15 is 0 Å². The van der Waals surface area contributed by atoms with Gasteiger partial charge in [-0.05, 0) is 20.3 Å². The summed E-state index contributed by atoms with van der Waals surface area (Å²) in [6.45, 7) is 4.34. The molecule has 0 aromatic carbocycles. The van der Waals surface area contributed by atoms with E-state index in [4.69, 9.17) is 0 Å². The Balaban J connectivity index is 1.86. The molecule has 0 radical (unpaired) electrons. The summed E-state index contributed by atoms with van der Waals surface area (Å²) in [5.74, 6) is -0.654. The molecule has 2 aliphatic rings. The van der Waals surface area contributed by atoms with Crippen molar-refractivity contribution in [2.45, 2.75) is 38.5 Å². The number of aromatic nitrogens is 2. The van der Waals surface area contributed by atoms with Gasteiger partial charge in [-0.3, -0.25) is 4.79 Å². The second-order valence-corrected chi connectivity index (χ2v) is 5.64. The minimum atomic E-state index is -4.50. The van der Waals surface area contributed by atoms with Crippen molar-refractivity contribution in [2.75, 3.05) is 23.3 Å². The maximum atomic E-state index is 12.5. The lowest BCUT2D eigenvalue weighted by Crippen LogP contribution is -2.44. The molecule has 2 N–H and O–H groups in total. The van der Waals surface area contributed by atoms with Gasteiger partial charge in [-0.1, -0.05) is 0 Å². The van der Waals surface area contributed by atoms with Gasteiger partial charge in [0.25, 0.3) is 5.91 Å². The van der Waals surface area contributed by atoms with Crippen LogP contribution in [0.3, 0.4) is 0 Å². The lowest BCUT2D eigenvalue weighted by atomic mass is 10.2. The van der Waals surface area contributed by atoms with E-state index in [1.807, 2.05) is 5.32 Å². The summed E-state index contributed by atoms with van der Waals surface area (Å²) in [7, 11) is 0. The van der Waals surface area contributed by atoms with Crippen LogP contribution in [0.1, 0.15) is 29.7 Å². The minimum Gasteiger partial charge on any atom is -0.365 e. The van der Waals surface area contributed by atoms with Crippen molar-refractivity contribution in [1.29, 1.82) is 0 Å². The summed E-state index contributed by atoms with van der Waals surface area (Å²) >= 11 is 0. The second-order valence-electron chi connectivity index (χ2n) is 5.64. The molecular formula is C13H16F3N5O. The number of alkyl halides is 3. The van der Waals surface area contributed by atoms with Crippen LogP contribution in [-0.4, -0.2) is 47.2 Å². The molecule has 3 rings (SSSR count). The molecule has 0 saturated carbocycles. The van der Waals surface area contributed by atoms with E-state index in [1.165, 1.54) is 0 Å². The Kier molecular flexibility index (Phi) is 3.37. The standard InChI is InChI=1S/C13H16F3N5O/c1-6-9-10(19-8-3-4-21(9)5-8)20-11(17-6)12(22)18-7(2)13(14,15)16/h7-8H,3-5H2,1-2H3,(H,18,22)(H,17,19,20)/t7?,8-/m0/s1. The number of carbonyl (C=O) groups is 1. The van der Waals surface area contributed by atoms with Crippen molar-refractivity contribution in [2.24, 2.45) is 0 Å². The van der Waals surface area contributed by atoms with Crippen LogP contribution in [0.25, 0.3) is 0 Å². The zero-order valence-electron chi connectivity index (χ0n) is 12.2. The van der Waals surface area contributed by atoms with Crippen molar-refractivity contribution >= 4 is 17.4 Å². The van der Waals surface area contributed by atoms with Crippen molar-refractivity contribution in [3.05, 3.63) is 11.5 Å². The molecule has 1 fully saturated rings. The first-order valence-electron chi connectivity index (χ1n) is 7.03. The van der Waals surface area contributed by atoms with Crippen LogP contribution in [0.15, 0.2) is 0 Å². The van der Waals surface area contributed by atoms with Gasteiger partial charge < -0.3 is 15.5 Å². The number of amides is 1. The first-order valence-corrected chi connectivity index (χ1v) is 7.03. The molecule has 2 aliphatic heterocycles. The number of nitrogens with zero attached hydrogens (tertiary/aromatic N) is 3. The number of nitrogens with one attached hydrogen (secondary N) is 2. The Hall–Kier alpha value is -2.06. The highest BCUT2D eigenvalue weighted by Gasteiger charge is 2.38. The molecule has 1 saturated heterocycles. The van der Waals surface area contributed by atoms with Gasteiger partial charge in [-0.25, -0.2) is 9.97 Å². The Morgan fingerprint density at radius 3 is 2.86 bits per heavy atom. The summed E-state index contributed by atoms with van der Waals surface area (Å²) in [5.41, 5.74) is 1.41. The van der Waals surface area contributed by atoms with Gasteiger partial charge >= 0.3 is 6.18 Å². The number of fused-ring (bicyclic) bond motifs is 4. The highest BCUT2D eigenvalue weighted by atomic mass is 19.4. The number of aryl methyl sites for hydroxylation is 1. The molecule has 0 aliphatic carbocycles. The molecule has 6 nitrogen and oxygen atoms in total. The zero-order chi connectivity index (χ0) is 16.1. The largest absolute Gasteiger partial charge is 0.408 e. The molecule has 9 heteroatoms. The smallest absolute Gasteiger partial charge is 0.365 e. The summed E-state index contributed by atoms with van der Waals surface area (Å²) in [4.78, 5) is 22.2. The SMILES string of the molecule is Cc1nc(C(=O)NC(C)C(F)(F)F)nc2c1N1CC[C@@H](C1)N2. The monoisotopic (exact) mass is 315 g/mol. The summed E-state index contributed by atoms with van der Waals surface area (Å²) in [5, 5.41) is 5.09. The van der Waals surface area contributed by atoms with Gasteiger partial charge in [0.2, 0.25) is 5.82 Å². The van der Waals surface area contributed by atoms with E-state index in [2.05, 4.69) is 20.2 Å². The first kappa shape index (κ1) is 14.9. The molecule has 1 unspecified atom stereocenters. The van der Waals surface area contributed by atoms with Crippen molar-refractivity contribution in [3.8, 4) is 0 Å². The summed E-state index contributed by atoms with van der Waals surface area (Å²) in [6, 6.07) is -1.69. The molecule has 22 heavy (non-hydrogen) atoms. The molecular weight excluding hydrogens is 299 g/mol. The van der Waals surface area contributed by atoms with Crippen LogP contribution in [0, 0.1) is 6.92 Å². The van der Waals surface area contributed by atoms with Gasteiger partial charge in [-0.2, -0.15) is 13.2 Å². The molecule has 3 heterocycles. The van der Waals surface area contributed by atoms with E-state index in [1.54, 1.807) is 6.92 Å². The lowest BCUT2D eigenvalue weighted by Gasteiger charge is -2.29. The van der Waals surface area contributed by atoms with E-state index in [0.29, 0.717) is 11.5 Å². The highest BCUT2D eigenvalue weighted by molar-refractivity contribution is 5.92. The Bertz CT molecular complexity index is 618. The van der Waals surface area contributed by atoms with Crippen LogP contribution in [0.2, 0.25) is 0 Å². The topological polar surface area (TPSA) is 70.2 Å². The fourth-order valence-corrected chi connectivity index (χ4v) is 2.77. The van der Waals surface area contributed by atoms with E-state index in [0.717, 1.165) is 32.1 Å². The maximum Gasteiger partial charge on any atom is 0.408 e. The van der Waals surface area contributed by atoms with E-state index < -0.39 is 18.1 Å². The number of halogens is 3. The van der Waals surface area contributed by atoms with E-state index in [9.17, 15) is 18.0 Å². The number of hydrogen-bond acceptors (Lipinski definition) is 5. The predicted molar refractivity (Wildman–Crippen MR) is 74.0 cm³/mol. The molecule has 1 aromatic heterocycles. The van der Waals surface area contributed by atoms with Gasteiger partial charge in [-0.15, -0.1) is 0 Å². The zero-order valence-corrected chi connectivity index (χ0v) is 12.2. The molecule has 0 spiro atoms. The number of rotatable bonds is 2. The Labute approximate surface area is 125 Å². The van der Waals surface area contributed by atoms with Crippen LogP contribution < -0.4 is 15.5 Å². The average molecular weight is 315 g/mol. The quantitative estimate of drug-likeness (QED) is 0.865. The minimum absolute atomic E-state index is 0.248. The number of anilines is 2. The van der Waals surface area contributed by atoms with Crippen LogP contribution in [-0.2, 0) is 0 Å². The Morgan fingerprint density at radius 1 is 1.45 bits per heavy atom. The number of carbonyl (C=O) groups excluding carboxylic acids is 1. The average Bonchev–Trinajstić information content (AvgIpc) is 2.78. The fourth-order valence-electron chi connectivity index (χ4n) is 2.77. The van der Waals surface area contributed by atoms with Gasteiger partial charge in [0.15, 0.2) is 5.82 Å². The van der Waals surface area contributed by atoms with Crippen LogP contribution >= 0.6 is 0 Å². The van der Waals surface area contributed by atoms with Gasteiger partial charge in [0, 0.05) is 19.1 Å². The molecule has 2 bridgehead atoms. The van der Waals surface area contributed by atoms with Crippen LogP contribution in [0.4, 0.5) is 24.7 Å². The van der Waals surface area contributed by atoms with Crippen molar-refractivity contribution < 1.29 is 18.0 Å². The van der Waals surface area contributed by atoms with E-state index in [-0.39, 0.29) is 11.9 Å². The predicted octanol–water partition coefficient (Wildman–Crippen LogP) is 1.47. The second kappa shape index (κ2) is 4.99. The summed E-state index contributed by atoms with van der Waals surface area (Å²) in [6.07, 6.45) is -3.54. The normalized spacial score (nSPS) is 21.1.